The molecule has 0 fully saturated rings. The van der Waals surface area contributed by atoms with Crippen LogP contribution in [-0.2, 0) is 114 Å². The number of nitrogens with zero attached hydrogens (tertiary/aromatic N) is 5. The van der Waals surface area contributed by atoms with Crippen LogP contribution in [0.5, 0.6) is 0 Å². The number of halogens is 10. The van der Waals surface area contributed by atoms with Gasteiger partial charge in [0.15, 0.2) is 29.5 Å². The summed E-state index contributed by atoms with van der Waals surface area (Å²) in [5.41, 5.74) is -0.108. The number of rotatable bonds is 18. The van der Waals surface area contributed by atoms with Crippen molar-refractivity contribution in [1.82, 2.24) is 24.1 Å². The number of nitrogens with one attached hydrogen (secondary N) is 1. The summed E-state index contributed by atoms with van der Waals surface area (Å²) in [4.78, 5) is 43.5. The number of fused-ring (bicyclic) bond motifs is 2. The molecule has 37 heteroatoms. The molecule has 0 bridgehead atoms. The number of pyridine rings is 3. The van der Waals surface area contributed by atoms with E-state index in [9.17, 15) is 79.5 Å². The Labute approximate surface area is 617 Å². The maximum Gasteiger partial charge on any atom is 1.00 e. The van der Waals surface area contributed by atoms with Crippen LogP contribution in [0, 0.1) is 25.7 Å². The molecule has 0 saturated carbocycles. The first-order chi connectivity index (χ1) is 46.8. The molecule has 0 unspecified atom stereocenters. The van der Waals surface area contributed by atoms with Crippen molar-refractivity contribution in [3.8, 4) is 11.8 Å². The Kier molecular flexibility index (Phi) is 36.7. The molecule has 0 amide bonds. The smallest absolute Gasteiger partial charge is 1.00 e. The minimum atomic E-state index is -4.76. The van der Waals surface area contributed by atoms with Crippen molar-refractivity contribution in [2.75, 3.05) is 65.2 Å². The molecule has 0 aliphatic carbocycles. The van der Waals surface area contributed by atoms with Gasteiger partial charge in [0.2, 0.25) is 0 Å². The number of carboxylic acid groups (broad SMARTS) is 2. The average molecular weight is 1550 g/mol. The number of sulfone groups is 3. The van der Waals surface area contributed by atoms with E-state index < -0.39 is 103 Å². The monoisotopic (exact) mass is 1550 g/mol. The Morgan fingerprint density at radius 3 is 1.26 bits per heavy atom. The van der Waals surface area contributed by atoms with E-state index in [0.29, 0.717) is 68.3 Å². The average Bonchev–Trinajstić information content (AvgIpc) is 1.67. The van der Waals surface area contributed by atoms with Crippen LogP contribution in [-0.4, -0.2) is 154 Å². The molecule has 0 radical (unpaired) electrons. The minimum absolute atomic E-state index is 0. The fraction of sp³-hybridized carbons (Fsp3) is 0.364. The number of ether oxygens (including phenoxy) is 4. The van der Waals surface area contributed by atoms with Gasteiger partial charge in [0.1, 0.15) is 23.7 Å². The van der Waals surface area contributed by atoms with Crippen molar-refractivity contribution in [1.29, 1.82) is 0 Å². The predicted molar refractivity (Wildman–Crippen MR) is 354 cm³/mol. The summed E-state index contributed by atoms with van der Waals surface area (Å²) < 4.78 is 214. The molecule has 0 saturated heterocycles. The molecule has 5 aromatic heterocycles. The predicted octanol–water partition coefficient (Wildman–Crippen LogP) is 4.52. The first-order valence-corrected chi connectivity index (χ1v) is 35.1. The Bertz CT molecular complexity index is 4610. The number of hydrogen-bond donors (Lipinski definition) is 5. The van der Waals surface area contributed by atoms with Crippen molar-refractivity contribution in [3.63, 3.8) is 0 Å². The van der Waals surface area contributed by atoms with E-state index in [2.05, 4.69) is 32.1 Å². The third-order valence-electron chi connectivity index (χ3n) is 14.1. The van der Waals surface area contributed by atoms with E-state index in [-0.39, 0.29) is 117 Å². The van der Waals surface area contributed by atoms with Gasteiger partial charge < -0.3 is 66.2 Å². The first kappa shape index (κ1) is 93.3. The molecule has 8 aromatic rings. The van der Waals surface area contributed by atoms with Crippen molar-refractivity contribution in [3.05, 3.63) is 171 Å². The fourth-order valence-corrected chi connectivity index (χ4v) is 11.1. The van der Waals surface area contributed by atoms with Crippen LogP contribution in [0.25, 0.3) is 22.1 Å². The van der Waals surface area contributed by atoms with E-state index >= 15 is 0 Å². The summed E-state index contributed by atoms with van der Waals surface area (Å²) in [6, 6.07) is 18.7. The van der Waals surface area contributed by atoms with Crippen molar-refractivity contribution < 1.29 is 160 Å². The Balaban J connectivity index is 0.000000696. The topological polar surface area (TPSA) is 332 Å². The third-order valence-corrected chi connectivity index (χ3v) is 17.5. The fourth-order valence-electron chi connectivity index (χ4n) is 9.20. The van der Waals surface area contributed by atoms with Crippen LogP contribution in [0.4, 0.5) is 45.3 Å². The summed E-state index contributed by atoms with van der Waals surface area (Å²) in [6.07, 6.45) is -7.55. The van der Waals surface area contributed by atoms with Gasteiger partial charge in [-0.25, -0.2) is 40.2 Å². The zero-order chi connectivity index (χ0) is 76.8. The molecule has 0 aliphatic rings. The van der Waals surface area contributed by atoms with Crippen LogP contribution in [0.15, 0.2) is 124 Å². The van der Waals surface area contributed by atoms with Crippen molar-refractivity contribution >= 4 is 75.3 Å². The standard InChI is InChI=1S/C21H21F3N2O4S.C19H17F3N2O4S.C17H15F3N2O3S.C5H12O3.C2H4O2.C2H6O.ClH.Na/c1-4-30-19(27)11-17-13(2)26(20-16(17)6-5-9-25-20)12-14-7-8-15(31(3,28)29)10-18(14)21(22,23)24;1-11-15(9-17(25)26)14-4-3-7-23-18(14)24(11)10-12-5-6-13(29(2,27)28)8-16(12)19(20,21)22;1-26(24,25)14-7-6-13(15(10-14)17(18,19)20)11-22-16-12(5-3-9-23)4-2-8-21-16;1-5(6-2,7-3)8-4;1-2(3)4;1-2-3;;/h5-10H,4,11-12H2,1-3H3;3-8H,9-10H2,1-2H3,(H,25,26);2,4,6-8,10,23H,9,11H2,1H3,(H,21,22);1-4H3;1H3,(H,3,4);3H,2H2,1H3;1H;/q;;;;;;;+1/p-1. The van der Waals surface area contributed by atoms with Crippen LogP contribution in [0.3, 0.4) is 0 Å². The molecule has 0 spiro atoms. The Morgan fingerprint density at radius 2 is 0.932 bits per heavy atom. The van der Waals surface area contributed by atoms with Gasteiger partial charge in [-0.1, -0.05) is 30.0 Å². The Morgan fingerprint density at radius 1 is 0.583 bits per heavy atom. The zero-order valence-corrected chi connectivity index (χ0v) is 63.1. The first-order valence-electron chi connectivity index (χ1n) is 29.5. The van der Waals surface area contributed by atoms with E-state index in [1.807, 2.05) is 0 Å². The summed E-state index contributed by atoms with van der Waals surface area (Å²) in [7, 11) is -6.81. The molecule has 0 aliphatic heterocycles. The molecule has 560 valence electrons. The van der Waals surface area contributed by atoms with Gasteiger partial charge in [-0.15, -0.1) is 0 Å². The summed E-state index contributed by atoms with van der Waals surface area (Å²) in [6.45, 7) is 8.91. The van der Waals surface area contributed by atoms with E-state index in [1.54, 1.807) is 75.6 Å². The number of carbonyl (C=O) groups excluding carboxylic acids is 1. The van der Waals surface area contributed by atoms with Gasteiger partial charge in [-0.3, -0.25) is 14.4 Å². The maximum absolute atomic E-state index is 13.7. The van der Waals surface area contributed by atoms with Crippen molar-refractivity contribution in [2.45, 2.75) is 113 Å². The normalized spacial score (nSPS) is 11.5. The summed E-state index contributed by atoms with van der Waals surface area (Å²) in [5.74, 6) is 2.13. The Hall–Kier alpha value is -7.73. The molecule has 0 atom stereocenters. The van der Waals surface area contributed by atoms with Gasteiger partial charge in [0.25, 0.3) is 11.9 Å². The maximum atomic E-state index is 13.7. The number of carbonyl (C=O) groups is 3. The van der Waals surface area contributed by atoms with Gasteiger partial charge in [0, 0.05) is 121 Å². The van der Waals surface area contributed by atoms with E-state index in [1.165, 1.54) is 50.6 Å². The number of aliphatic hydroxyl groups is 2. The van der Waals surface area contributed by atoms with Crippen LogP contribution in [0.2, 0.25) is 0 Å². The number of benzene rings is 3. The largest absolute Gasteiger partial charge is 1.00 e. The van der Waals surface area contributed by atoms with E-state index in [4.69, 9.17) is 39.1 Å². The van der Waals surface area contributed by atoms with Crippen LogP contribution < -0.4 is 47.3 Å². The summed E-state index contributed by atoms with van der Waals surface area (Å²) >= 11 is 0. The molecule has 103 heavy (non-hydrogen) atoms. The van der Waals surface area contributed by atoms with Gasteiger partial charge in [-0.2, -0.15) is 39.5 Å². The molecular weight excluding hydrogens is 1470 g/mol. The van der Waals surface area contributed by atoms with Crippen LogP contribution >= 0.6 is 0 Å². The van der Waals surface area contributed by atoms with Gasteiger partial charge >= 0.3 is 60.0 Å². The summed E-state index contributed by atoms with van der Waals surface area (Å²) in [5, 5.41) is 36.9. The number of aromatic nitrogens is 5. The van der Waals surface area contributed by atoms with Crippen LogP contribution in [0.1, 0.15) is 89.2 Å². The second-order valence-corrected chi connectivity index (χ2v) is 27.4. The number of anilines is 1. The third kappa shape index (κ3) is 28.0. The molecule has 23 nitrogen and oxygen atoms in total. The quantitative estimate of drug-likeness (QED) is 0.0259. The zero-order valence-electron chi connectivity index (χ0n) is 57.9. The SMILES string of the molecule is CC(=O)O.CCO.CCOC(=O)Cc1c(C)n(Cc2ccc(S(C)(=O)=O)cc2C(F)(F)F)c2ncccc12.COC(C)(OC)OC.CS(=O)(=O)c1ccc(CNc2ncccc2C#CCO)c(C(F)(F)F)c1.Cc1c(CC(=O)O)c2cccnc2n1Cc1ccc(S(C)(=O)=O)cc1C(F)(F)F.[Cl-].[Na+]. The molecule has 3 aromatic carbocycles. The minimum Gasteiger partial charge on any atom is -1.00 e. The number of methoxy groups -OCH3 is 3. The molecule has 8 rings (SSSR count). The molecule has 5 N–H and O–H groups in total. The van der Waals surface area contributed by atoms with Gasteiger partial charge in [0.05, 0.1) is 56.4 Å². The molecular formula is C66H75ClF9N6NaO17S3. The number of alkyl halides is 9. The van der Waals surface area contributed by atoms with Crippen molar-refractivity contribution in [2.24, 2.45) is 0 Å². The number of hydrogen-bond acceptors (Lipinski definition) is 19. The van der Waals surface area contributed by atoms with Gasteiger partial charge in [-0.05, 0) is 128 Å². The number of carboxylic acids is 2. The second kappa shape index (κ2) is 40.5. The van der Waals surface area contributed by atoms with E-state index in [0.717, 1.165) is 56.0 Å². The number of aliphatic carboxylic acids is 2. The number of aliphatic hydroxyl groups excluding tert-OH is 2. The number of esters is 1. The second-order valence-electron chi connectivity index (χ2n) is 21.4. The molecule has 5 heterocycles.